The highest BCUT2D eigenvalue weighted by Gasteiger charge is 2.48. The molecule has 1 aromatic carbocycles. The van der Waals surface area contributed by atoms with Gasteiger partial charge in [0.2, 0.25) is 11.8 Å². The standard InChI is InChI=1S/C31H40F2N4O4S/c1-20-18-31(32,33)11-10-23(20)29-35-26(21-6-8-22(9-7-21)37-14-16-42(39,40)17-15-37)27(41-29)24-4-2-3-5-25(24)28(38)36-30(19-34)12-13-30/h6-9,20,23-25,39-40H,2-5,10-18H2,1H3,(H,36,38)/t20-,23-,24+,25+/m0/s1. The molecule has 1 aliphatic heterocycles. The second-order valence-corrected chi connectivity index (χ2v) is 15.3. The van der Waals surface area contributed by atoms with E-state index in [1.165, 1.54) is 0 Å². The van der Waals surface area contributed by atoms with Gasteiger partial charge in [-0.25, -0.2) is 13.8 Å². The van der Waals surface area contributed by atoms with Crippen molar-refractivity contribution in [3.05, 3.63) is 35.9 Å². The molecule has 1 amide bonds. The average Bonchev–Trinajstić information content (AvgIpc) is 3.60. The Morgan fingerprint density at radius 3 is 2.43 bits per heavy atom. The number of anilines is 1. The van der Waals surface area contributed by atoms with Crippen LogP contribution in [-0.4, -0.2) is 56.1 Å². The summed E-state index contributed by atoms with van der Waals surface area (Å²) in [6.45, 7) is 2.96. The molecule has 4 fully saturated rings. The quantitative estimate of drug-likeness (QED) is 0.329. The summed E-state index contributed by atoms with van der Waals surface area (Å²) in [7, 11) is -2.50. The second kappa shape index (κ2) is 11.1. The number of nitrogens with zero attached hydrogens (tertiary/aromatic N) is 3. The number of rotatable bonds is 6. The molecule has 3 aliphatic carbocycles. The van der Waals surface area contributed by atoms with E-state index in [0.29, 0.717) is 67.6 Å². The van der Waals surface area contributed by atoms with E-state index in [4.69, 9.17) is 9.40 Å². The van der Waals surface area contributed by atoms with E-state index in [1.807, 2.05) is 31.2 Å². The van der Waals surface area contributed by atoms with E-state index in [1.54, 1.807) is 0 Å². The molecule has 0 unspecified atom stereocenters. The minimum absolute atomic E-state index is 0.125. The van der Waals surface area contributed by atoms with E-state index in [2.05, 4.69) is 16.3 Å². The van der Waals surface area contributed by atoms with Crippen LogP contribution in [0.25, 0.3) is 11.3 Å². The number of aromatic nitrogens is 1. The van der Waals surface area contributed by atoms with Gasteiger partial charge in [-0.15, -0.1) is 0 Å². The van der Waals surface area contributed by atoms with Crippen LogP contribution in [0.1, 0.15) is 88.2 Å². The molecule has 42 heavy (non-hydrogen) atoms. The fourth-order valence-corrected chi connectivity index (χ4v) is 8.22. The molecule has 0 spiro atoms. The molecule has 8 nitrogen and oxygen atoms in total. The lowest BCUT2D eigenvalue weighted by atomic mass is 9.76. The third kappa shape index (κ3) is 6.03. The molecular formula is C31H40F2N4O4S. The van der Waals surface area contributed by atoms with Gasteiger partial charge >= 0.3 is 0 Å². The number of oxazole rings is 1. The van der Waals surface area contributed by atoms with Gasteiger partial charge in [-0.05, 0) is 50.2 Å². The first-order chi connectivity index (χ1) is 20.0. The second-order valence-electron chi connectivity index (χ2n) is 12.9. The summed E-state index contributed by atoms with van der Waals surface area (Å²) >= 11 is 0. The first-order valence-electron chi connectivity index (χ1n) is 15.2. The van der Waals surface area contributed by atoms with Crippen molar-refractivity contribution in [1.82, 2.24) is 10.3 Å². The molecule has 3 N–H and O–H groups in total. The predicted molar refractivity (Wildman–Crippen MR) is 158 cm³/mol. The van der Waals surface area contributed by atoms with Crippen LogP contribution in [0.5, 0.6) is 0 Å². The number of hydrogen-bond donors (Lipinski definition) is 3. The predicted octanol–water partition coefficient (Wildman–Crippen LogP) is 6.90. The average molecular weight is 603 g/mol. The highest BCUT2D eigenvalue weighted by atomic mass is 32.3. The van der Waals surface area contributed by atoms with Crippen molar-refractivity contribution in [2.45, 2.75) is 88.0 Å². The van der Waals surface area contributed by atoms with Crippen molar-refractivity contribution in [2.75, 3.05) is 29.5 Å². The molecule has 4 atom stereocenters. The zero-order valence-corrected chi connectivity index (χ0v) is 24.8. The van der Waals surface area contributed by atoms with Gasteiger partial charge in [-0.1, -0.05) is 31.9 Å². The number of carbonyl (C=O) groups excluding carboxylic acids is 1. The molecule has 11 heteroatoms. The van der Waals surface area contributed by atoms with Gasteiger partial charge in [0, 0.05) is 54.9 Å². The summed E-state index contributed by atoms with van der Waals surface area (Å²) in [4.78, 5) is 20.6. The number of hydrogen-bond acceptors (Lipinski definition) is 7. The van der Waals surface area contributed by atoms with Crippen LogP contribution in [0.15, 0.2) is 28.7 Å². The minimum Gasteiger partial charge on any atom is -0.444 e. The van der Waals surface area contributed by atoms with Crippen molar-refractivity contribution in [2.24, 2.45) is 11.8 Å². The highest BCUT2D eigenvalue weighted by molar-refractivity contribution is 8.24. The molecule has 3 saturated carbocycles. The minimum atomic E-state index is -2.68. The first kappa shape index (κ1) is 29.4. The van der Waals surface area contributed by atoms with Crippen molar-refractivity contribution in [3.8, 4) is 17.3 Å². The number of benzene rings is 1. The van der Waals surface area contributed by atoms with Crippen LogP contribution < -0.4 is 10.2 Å². The maximum atomic E-state index is 14.2. The van der Waals surface area contributed by atoms with Gasteiger partial charge in [0.25, 0.3) is 0 Å². The fourth-order valence-electron chi connectivity index (χ4n) is 6.99. The van der Waals surface area contributed by atoms with E-state index in [-0.39, 0.29) is 42.4 Å². The highest BCUT2D eigenvalue weighted by Crippen LogP contribution is 2.49. The van der Waals surface area contributed by atoms with Crippen LogP contribution >= 0.6 is 10.6 Å². The Kier molecular flexibility index (Phi) is 7.77. The molecule has 4 aliphatic rings. The van der Waals surface area contributed by atoms with Gasteiger partial charge in [0.15, 0.2) is 5.89 Å². The molecular weight excluding hydrogens is 562 g/mol. The zero-order valence-electron chi connectivity index (χ0n) is 24.0. The topological polar surface area (TPSA) is 123 Å². The molecule has 2 aromatic rings. The molecule has 0 bridgehead atoms. The lowest BCUT2D eigenvalue weighted by Crippen LogP contribution is -2.42. The Morgan fingerprint density at radius 1 is 1.10 bits per heavy atom. The van der Waals surface area contributed by atoms with Crippen LogP contribution in [-0.2, 0) is 4.79 Å². The molecule has 228 valence electrons. The number of amides is 1. The Labute approximate surface area is 247 Å². The SMILES string of the molecule is C[C@H]1CC(F)(F)CC[C@@H]1c1nc(-c2ccc(N3CCS(O)(O)CC3)cc2)c([C@@H]2CCCC[C@H]2C(=O)NC2(C#N)CC2)o1. The van der Waals surface area contributed by atoms with Gasteiger partial charge in [0.05, 0.1) is 17.6 Å². The third-order valence-electron chi connectivity index (χ3n) is 9.76. The number of carbonyl (C=O) groups is 1. The summed E-state index contributed by atoms with van der Waals surface area (Å²) < 4.78 is 54.9. The van der Waals surface area contributed by atoms with Gasteiger partial charge in [-0.3, -0.25) is 13.9 Å². The van der Waals surface area contributed by atoms with Gasteiger partial charge in [-0.2, -0.15) is 15.9 Å². The summed E-state index contributed by atoms with van der Waals surface area (Å²) in [5, 5.41) is 12.6. The normalized spacial score (nSPS) is 30.6. The summed E-state index contributed by atoms with van der Waals surface area (Å²) in [6.07, 6.45) is 4.50. The molecule has 1 saturated heterocycles. The largest absolute Gasteiger partial charge is 0.444 e. The van der Waals surface area contributed by atoms with Gasteiger partial charge in [0.1, 0.15) is 17.0 Å². The summed E-state index contributed by atoms with van der Waals surface area (Å²) in [5.74, 6) is -2.11. The van der Waals surface area contributed by atoms with E-state index in [9.17, 15) is 27.9 Å². The lowest BCUT2D eigenvalue weighted by molar-refractivity contribution is -0.127. The van der Waals surface area contributed by atoms with Crippen LogP contribution in [0, 0.1) is 23.2 Å². The van der Waals surface area contributed by atoms with Crippen LogP contribution in [0.2, 0.25) is 0 Å². The number of nitrogens with one attached hydrogen (secondary N) is 1. The molecule has 1 aromatic heterocycles. The number of halogens is 2. The smallest absolute Gasteiger partial charge is 0.248 e. The maximum Gasteiger partial charge on any atom is 0.248 e. The Bertz CT molecular complexity index is 1340. The van der Waals surface area contributed by atoms with E-state index >= 15 is 0 Å². The van der Waals surface area contributed by atoms with Crippen molar-refractivity contribution < 1.29 is 27.1 Å². The van der Waals surface area contributed by atoms with Crippen molar-refractivity contribution in [3.63, 3.8) is 0 Å². The zero-order chi connectivity index (χ0) is 29.7. The number of nitriles is 1. The Balaban J connectivity index is 1.32. The van der Waals surface area contributed by atoms with E-state index in [0.717, 1.165) is 30.5 Å². The summed E-state index contributed by atoms with van der Waals surface area (Å²) in [6, 6.07) is 10.2. The lowest BCUT2D eigenvalue weighted by Gasteiger charge is -2.41. The van der Waals surface area contributed by atoms with E-state index < -0.39 is 22.1 Å². The molecule has 2 heterocycles. The fraction of sp³-hybridized carbons (Fsp3) is 0.645. The van der Waals surface area contributed by atoms with Crippen LogP contribution in [0.4, 0.5) is 14.5 Å². The Hall–Kier alpha value is -2.68. The molecule has 0 radical (unpaired) electrons. The monoisotopic (exact) mass is 602 g/mol. The van der Waals surface area contributed by atoms with Crippen LogP contribution in [0.3, 0.4) is 0 Å². The number of alkyl halides is 2. The van der Waals surface area contributed by atoms with Crippen molar-refractivity contribution >= 4 is 22.2 Å². The third-order valence-corrected chi connectivity index (χ3v) is 11.4. The first-order valence-corrected chi connectivity index (χ1v) is 17.1. The summed E-state index contributed by atoms with van der Waals surface area (Å²) in [5.41, 5.74) is 1.71. The van der Waals surface area contributed by atoms with Gasteiger partial charge < -0.3 is 14.6 Å². The van der Waals surface area contributed by atoms with Crippen molar-refractivity contribution in [1.29, 1.82) is 5.26 Å². The Morgan fingerprint density at radius 2 is 1.79 bits per heavy atom. The molecule has 6 rings (SSSR count). The maximum absolute atomic E-state index is 14.2.